The lowest BCUT2D eigenvalue weighted by Gasteiger charge is -2.46. The van der Waals surface area contributed by atoms with Crippen LogP contribution in [0.3, 0.4) is 0 Å². The second-order valence-corrected chi connectivity index (χ2v) is 20.5. The molecule has 3 aliphatic carbocycles. The van der Waals surface area contributed by atoms with E-state index in [9.17, 15) is 18.0 Å². The van der Waals surface area contributed by atoms with Gasteiger partial charge in [0.05, 0.1) is 17.4 Å². The van der Waals surface area contributed by atoms with E-state index < -0.39 is 20.1 Å². The van der Waals surface area contributed by atoms with Gasteiger partial charge in [-0.15, -0.1) is 0 Å². The van der Waals surface area contributed by atoms with Gasteiger partial charge in [0.2, 0.25) is 0 Å². The summed E-state index contributed by atoms with van der Waals surface area (Å²) < 4.78 is 47.5. The number of nitrogens with zero attached hydrogens (tertiary/aromatic N) is 1. The molecule has 1 heterocycles. The number of carbonyl (C=O) groups is 1. The van der Waals surface area contributed by atoms with Crippen LogP contribution in [0.25, 0.3) is 0 Å². The van der Waals surface area contributed by atoms with Gasteiger partial charge >= 0.3 is 6.18 Å². The van der Waals surface area contributed by atoms with Crippen molar-refractivity contribution in [1.82, 2.24) is 4.98 Å². The summed E-state index contributed by atoms with van der Waals surface area (Å²) in [6.07, 6.45) is 6.79. The molecule has 236 valence electrons. The van der Waals surface area contributed by atoms with Crippen molar-refractivity contribution in [2.45, 2.75) is 147 Å². The number of rotatable bonds is 6. The molecule has 0 saturated heterocycles. The fourth-order valence-corrected chi connectivity index (χ4v) is 8.72. The Kier molecular flexibility index (Phi) is 8.85. The standard InChI is InChI=1S/C36H50F3NO2Si/c1-34(2,3)43(6,7)42-28-22-35(4,5)21-27-30(28)29(23-13-9-8-10-14-23)31(32(40-27)24-15-11-12-16-24)33(41)25-17-19-26(20-18-25)36(37,38)39/h17-20,23-24,28H,8-16,21-22H2,1-7H3/t28-/m0/s1. The third-order valence-electron chi connectivity index (χ3n) is 10.8. The van der Waals surface area contributed by atoms with Crippen LogP contribution in [-0.4, -0.2) is 19.1 Å². The lowest BCUT2D eigenvalue weighted by molar-refractivity contribution is -0.137. The Bertz CT molecular complexity index is 1330. The van der Waals surface area contributed by atoms with Crippen molar-refractivity contribution in [3.05, 3.63) is 63.5 Å². The van der Waals surface area contributed by atoms with Gasteiger partial charge in [-0.25, -0.2) is 0 Å². The van der Waals surface area contributed by atoms with Crippen molar-refractivity contribution in [2.75, 3.05) is 0 Å². The molecule has 2 saturated carbocycles. The minimum atomic E-state index is -4.45. The zero-order valence-corrected chi connectivity index (χ0v) is 28.2. The van der Waals surface area contributed by atoms with Crippen LogP contribution in [0.5, 0.6) is 0 Å². The maximum absolute atomic E-state index is 14.7. The number of halogens is 3. The van der Waals surface area contributed by atoms with Gasteiger partial charge in [0.1, 0.15) is 0 Å². The Labute approximate surface area is 257 Å². The molecule has 2 aromatic rings. The molecule has 3 aliphatic rings. The van der Waals surface area contributed by atoms with Gasteiger partial charge in [-0.2, -0.15) is 13.2 Å². The molecule has 0 radical (unpaired) electrons. The minimum absolute atomic E-state index is 0.00274. The first-order valence-corrected chi connectivity index (χ1v) is 19.4. The second-order valence-electron chi connectivity index (χ2n) is 15.8. The van der Waals surface area contributed by atoms with Gasteiger partial charge in [-0.3, -0.25) is 9.78 Å². The average molecular weight is 614 g/mol. The molecule has 0 bridgehead atoms. The predicted molar refractivity (Wildman–Crippen MR) is 169 cm³/mol. The number of alkyl halides is 3. The third kappa shape index (κ3) is 6.68. The molecule has 7 heteroatoms. The Morgan fingerprint density at radius 3 is 2.00 bits per heavy atom. The molecule has 0 aliphatic heterocycles. The number of carbonyl (C=O) groups excluding carboxylic acids is 1. The van der Waals surface area contributed by atoms with E-state index in [4.69, 9.17) is 9.41 Å². The molecular weight excluding hydrogens is 563 g/mol. The zero-order chi connectivity index (χ0) is 31.4. The summed E-state index contributed by atoms with van der Waals surface area (Å²) in [7, 11) is -2.19. The van der Waals surface area contributed by atoms with E-state index >= 15 is 0 Å². The Balaban J connectivity index is 1.76. The molecule has 43 heavy (non-hydrogen) atoms. The molecule has 0 unspecified atom stereocenters. The highest BCUT2D eigenvalue weighted by molar-refractivity contribution is 6.74. The minimum Gasteiger partial charge on any atom is -0.410 e. The van der Waals surface area contributed by atoms with E-state index in [1.165, 1.54) is 18.6 Å². The Morgan fingerprint density at radius 2 is 1.44 bits per heavy atom. The van der Waals surface area contributed by atoms with E-state index in [2.05, 4.69) is 47.7 Å². The Hall–Kier alpha value is -1.99. The summed E-state index contributed by atoms with van der Waals surface area (Å²) in [4.78, 5) is 20.1. The molecule has 5 rings (SSSR count). The predicted octanol–water partition coefficient (Wildman–Crippen LogP) is 11.1. The van der Waals surface area contributed by atoms with Crippen molar-refractivity contribution in [3.63, 3.8) is 0 Å². The van der Waals surface area contributed by atoms with Gasteiger partial charge in [0.25, 0.3) is 0 Å². The molecule has 0 spiro atoms. The number of hydrogen-bond acceptors (Lipinski definition) is 3. The van der Waals surface area contributed by atoms with E-state index in [-0.39, 0.29) is 34.2 Å². The first-order chi connectivity index (χ1) is 20.0. The summed E-state index contributed by atoms with van der Waals surface area (Å²) in [6.45, 7) is 16.0. The molecule has 2 fully saturated rings. The molecular formula is C36H50F3NO2Si. The lowest BCUT2D eigenvalue weighted by atomic mass is 9.69. The van der Waals surface area contributed by atoms with E-state index in [0.29, 0.717) is 11.1 Å². The molecule has 0 amide bonds. The van der Waals surface area contributed by atoms with Crippen LogP contribution in [0.2, 0.25) is 18.1 Å². The van der Waals surface area contributed by atoms with Crippen molar-refractivity contribution < 1.29 is 22.4 Å². The topological polar surface area (TPSA) is 39.2 Å². The zero-order valence-electron chi connectivity index (χ0n) is 27.2. The SMILES string of the molecule is CC1(C)Cc2nc(C3CCCC3)c(C(=O)c3ccc(C(F)(F)F)cc3)c(C3CCCCC3)c2[C@@H](O[Si](C)(C)C(C)(C)C)C1. The van der Waals surface area contributed by atoms with E-state index in [1.54, 1.807) is 0 Å². The van der Waals surface area contributed by atoms with E-state index in [0.717, 1.165) is 98.9 Å². The normalized spacial score (nSPS) is 22.0. The van der Waals surface area contributed by atoms with Crippen LogP contribution in [-0.2, 0) is 17.0 Å². The molecule has 0 N–H and O–H groups in total. The number of hydrogen-bond donors (Lipinski definition) is 0. The van der Waals surface area contributed by atoms with Crippen LogP contribution in [0, 0.1) is 5.41 Å². The average Bonchev–Trinajstić information content (AvgIpc) is 3.45. The first-order valence-electron chi connectivity index (χ1n) is 16.4. The largest absolute Gasteiger partial charge is 0.416 e. The highest BCUT2D eigenvalue weighted by Crippen LogP contribution is 2.52. The van der Waals surface area contributed by atoms with Gasteiger partial charge in [-0.05, 0) is 85.7 Å². The quantitative estimate of drug-likeness (QED) is 0.240. The molecule has 1 aromatic carbocycles. The van der Waals surface area contributed by atoms with Crippen molar-refractivity contribution in [2.24, 2.45) is 5.41 Å². The number of fused-ring (bicyclic) bond motifs is 1. The van der Waals surface area contributed by atoms with Crippen LogP contribution >= 0.6 is 0 Å². The molecule has 3 nitrogen and oxygen atoms in total. The summed E-state index contributed by atoms with van der Waals surface area (Å²) in [5.41, 5.74) is 4.50. The van der Waals surface area contributed by atoms with Gasteiger partial charge < -0.3 is 4.43 Å². The molecule has 1 atom stereocenters. The van der Waals surface area contributed by atoms with Crippen molar-refractivity contribution in [1.29, 1.82) is 0 Å². The Morgan fingerprint density at radius 1 is 0.884 bits per heavy atom. The van der Waals surface area contributed by atoms with Crippen LogP contribution in [0.15, 0.2) is 24.3 Å². The second kappa shape index (κ2) is 11.7. The highest BCUT2D eigenvalue weighted by Gasteiger charge is 2.46. The molecule has 1 aromatic heterocycles. The van der Waals surface area contributed by atoms with Gasteiger partial charge in [-0.1, -0.05) is 78.9 Å². The maximum Gasteiger partial charge on any atom is 0.416 e. The summed E-state index contributed by atoms with van der Waals surface area (Å²) >= 11 is 0. The smallest absolute Gasteiger partial charge is 0.410 e. The number of ketones is 1. The van der Waals surface area contributed by atoms with Crippen molar-refractivity contribution >= 4 is 14.1 Å². The third-order valence-corrected chi connectivity index (χ3v) is 15.3. The van der Waals surface area contributed by atoms with Gasteiger partial charge in [0.15, 0.2) is 14.1 Å². The monoisotopic (exact) mass is 613 g/mol. The lowest BCUT2D eigenvalue weighted by Crippen LogP contribution is -2.44. The fraction of sp³-hybridized carbons (Fsp3) is 0.667. The fourth-order valence-electron chi connectivity index (χ4n) is 7.45. The summed E-state index contributed by atoms with van der Waals surface area (Å²) in [5, 5.41) is 0.0237. The first kappa shape index (κ1) is 32.4. The maximum atomic E-state index is 14.7. The van der Waals surface area contributed by atoms with Crippen LogP contribution in [0.4, 0.5) is 13.2 Å². The van der Waals surface area contributed by atoms with Crippen LogP contribution < -0.4 is 0 Å². The van der Waals surface area contributed by atoms with E-state index in [1.807, 2.05) is 0 Å². The van der Waals surface area contributed by atoms with Gasteiger partial charge in [0, 0.05) is 28.3 Å². The number of aromatic nitrogens is 1. The number of pyridine rings is 1. The summed E-state index contributed by atoms with van der Waals surface area (Å²) in [5.74, 6) is 0.249. The number of benzene rings is 1. The van der Waals surface area contributed by atoms with Crippen molar-refractivity contribution in [3.8, 4) is 0 Å². The summed E-state index contributed by atoms with van der Waals surface area (Å²) in [6, 6.07) is 4.81. The highest BCUT2D eigenvalue weighted by atomic mass is 28.4. The van der Waals surface area contributed by atoms with Crippen LogP contribution in [0.1, 0.15) is 161 Å².